The van der Waals surface area contributed by atoms with E-state index in [4.69, 9.17) is 0 Å². The fourth-order valence-electron chi connectivity index (χ4n) is 1.02. The monoisotopic (exact) mass is 212 g/mol. The van der Waals surface area contributed by atoms with Crippen LogP contribution in [0.4, 0.5) is 13.2 Å². The summed E-state index contributed by atoms with van der Waals surface area (Å²) in [6.45, 7) is 5.48. The van der Waals surface area contributed by atoms with Gasteiger partial charge in [0.25, 0.3) is 0 Å². The highest BCUT2D eigenvalue weighted by Crippen LogP contribution is 2.29. The van der Waals surface area contributed by atoms with E-state index < -0.39 is 11.7 Å². The molecule has 0 amide bonds. The molecule has 0 atom stereocenters. The van der Waals surface area contributed by atoms with Crippen LogP contribution in [0.1, 0.15) is 18.1 Å². The zero-order chi connectivity index (χ0) is 11.5. The summed E-state index contributed by atoms with van der Waals surface area (Å²) in [5.41, 5.74) is 0.955. The van der Waals surface area contributed by atoms with Crippen molar-refractivity contribution in [1.82, 2.24) is 0 Å². The van der Waals surface area contributed by atoms with Crippen molar-refractivity contribution in [3.8, 4) is 0 Å². The topological polar surface area (TPSA) is 0 Å². The molecule has 0 saturated carbocycles. The van der Waals surface area contributed by atoms with E-state index in [1.807, 2.05) is 6.92 Å². The molecule has 0 N–H and O–H groups in total. The van der Waals surface area contributed by atoms with Crippen molar-refractivity contribution in [2.45, 2.75) is 13.1 Å². The van der Waals surface area contributed by atoms with Gasteiger partial charge in [-0.05, 0) is 24.6 Å². The molecule has 3 heteroatoms. The molecule has 0 aliphatic carbocycles. The summed E-state index contributed by atoms with van der Waals surface area (Å²) in [5.74, 6) is 0. The largest absolute Gasteiger partial charge is 0.416 e. The number of hydrogen-bond donors (Lipinski definition) is 0. The highest BCUT2D eigenvalue weighted by molar-refractivity contribution is 5.52. The molecule has 0 fully saturated rings. The first-order chi connectivity index (χ1) is 6.89. The van der Waals surface area contributed by atoms with E-state index in [1.165, 1.54) is 12.1 Å². The van der Waals surface area contributed by atoms with Gasteiger partial charge in [0.2, 0.25) is 0 Å². The SMILES string of the molecule is C=C(C)/C=C/c1ccc(C(F)(F)F)cc1. The Balaban J connectivity index is 2.86. The third-order valence-corrected chi connectivity index (χ3v) is 1.80. The summed E-state index contributed by atoms with van der Waals surface area (Å²) in [6, 6.07) is 5.00. The number of benzene rings is 1. The summed E-state index contributed by atoms with van der Waals surface area (Å²) in [6.07, 6.45) is -0.790. The fourth-order valence-corrected chi connectivity index (χ4v) is 1.02. The number of halogens is 3. The Morgan fingerprint density at radius 2 is 1.73 bits per heavy atom. The van der Waals surface area contributed by atoms with Gasteiger partial charge in [0.15, 0.2) is 0 Å². The van der Waals surface area contributed by atoms with Gasteiger partial charge in [-0.1, -0.05) is 36.4 Å². The van der Waals surface area contributed by atoms with Crippen LogP contribution in [-0.2, 0) is 6.18 Å². The Morgan fingerprint density at radius 3 is 2.13 bits per heavy atom. The van der Waals surface area contributed by atoms with Crippen LogP contribution in [0.15, 0.2) is 42.5 Å². The van der Waals surface area contributed by atoms with E-state index in [1.54, 1.807) is 12.2 Å². The molecule has 0 heterocycles. The number of allylic oxidation sites excluding steroid dienone is 2. The summed E-state index contributed by atoms with van der Waals surface area (Å²) in [7, 11) is 0. The molecule has 80 valence electrons. The molecule has 1 rings (SSSR count). The molecule has 0 unspecified atom stereocenters. The highest BCUT2D eigenvalue weighted by atomic mass is 19.4. The van der Waals surface area contributed by atoms with Crippen LogP contribution in [0, 0.1) is 0 Å². The molecule has 0 aliphatic heterocycles. The van der Waals surface area contributed by atoms with Crippen molar-refractivity contribution in [2.75, 3.05) is 0 Å². The first-order valence-corrected chi connectivity index (χ1v) is 4.40. The lowest BCUT2D eigenvalue weighted by atomic mass is 10.1. The maximum Gasteiger partial charge on any atom is 0.416 e. The molecule has 0 saturated heterocycles. The Morgan fingerprint density at radius 1 is 1.20 bits per heavy atom. The van der Waals surface area contributed by atoms with Gasteiger partial charge < -0.3 is 0 Å². The molecule has 0 spiro atoms. The van der Waals surface area contributed by atoms with Crippen LogP contribution in [-0.4, -0.2) is 0 Å². The summed E-state index contributed by atoms with van der Waals surface area (Å²) < 4.78 is 36.6. The Hall–Kier alpha value is -1.51. The quantitative estimate of drug-likeness (QED) is 0.641. The molecule has 0 nitrogen and oxygen atoms in total. The molecule has 1 aromatic rings. The predicted molar refractivity (Wildman–Crippen MR) is 55.3 cm³/mol. The molecular weight excluding hydrogens is 201 g/mol. The van der Waals surface area contributed by atoms with Gasteiger partial charge >= 0.3 is 6.18 Å². The van der Waals surface area contributed by atoms with Crippen molar-refractivity contribution in [3.63, 3.8) is 0 Å². The van der Waals surface area contributed by atoms with E-state index >= 15 is 0 Å². The molecular formula is C12H11F3. The van der Waals surface area contributed by atoms with Crippen molar-refractivity contribution < 1.29 is 13.2 Å². The van der Waals surface area contributed by atoms with Gasteiger partial charge in [0.1, 0.15) is 0 Å². The van der Waals surface area contributed by atoms with Crippen molar-refractivity contribution in [2.24, 2.45) is 0 Å². The second-order valence-electron chi connectivity index (χ2n) is 3.30. The molecule has 0 aromatic heterocycles. The molecule has 1 aromatic carbocycles. The number of rotatable bonds is 2. The van der Waals surface area contributed by atoms with Gasteiger partial charge in [0, 0.05) is 0 Å². The summed E-state index contributed by atoms with van der Waals surface area (Å²) in [4.78, 5) is 0. The fraction of sp³-hybridized carbons (Fsp3) is 0.167. The van der Waals surface area contributed by atoms with Gasteiger partial charge in [-0.25, -0.2) is 0 Å². The van der Waals surface area contributed by atoms with Crippen molar-refractivity contribution in [3.05, 3.63) is 53.6 Å². The highest BCUT2D eigenvalue weighted by Gasteiger charge is 2.29. The first kappa shape index (κ1) is 11.6. The zero-order valence-corrected chi connectivity index (χ0v) is 8.31. The van der Waals surface area contributed by atoms with E-state index in [-0.39, 0.29) is 0 Å². The third-order valence-electron chi connectivity index (χ3n) is 1.80. The predicted octanol–water partition coefficient (Wildman–Crippen LogP) is 4.29. The van der Waals surface area contributed by atoms with Crippen LogP contribution in [0.2, 0.25) is 0 Å². The van der Waals surface area contributed by atoms with E-state index in [0.717, 1.165) is 23.3 Å². The van der Waals surface area contributed by atoms with Crippen LogP contribution in [0.25, 0.3) is 6.08 Å². The van der Waals surface area contributed by atoms with E-state index in [2.05, 4.69) is 6.58 Å². The average molecular weight is 212 g/mol. The molecule has 0 radical (unpaired) electrons. The van der Waals surface area contributed by atoms with Gasteiger partial charge in [-0.3, -0.25) is 0 Å². The summed E-state index contributed by atoms with van der Waals surface area (Å²) >= 11 is 0. The number of hydrogen-bond acceptors (Lipinski definition) is 0. The average Bonchev–Trinajstić information content (AvgIpc) is 2.14. The minimum atomic E-state index is -4.27. The van der Waals surface area contributed by atoms with Gasteiger partial charge in [0.05, 0.1) is 5.56 Å². The Labute approximate surface area is 86.7 Å². The van der Waals surface area contributed by atoms with Gasteiger partial charge in [-0.2, -0.15) is 13.2 Å². The smallest absolute Gasteiger partial charge is 0.166 e. The van der Waals surface area contributed by atoms with E-state index in [9.17, 15) is 13.2 Å². The Bertz CT molecular complexity index is 369. The van der Waals surface area contributed by atoms with Crippen LogP contribution < -0.4 is 0 Å². The lowest BCUT2D eigenvalue weighted by Gasteiger charge is -2.05. The van der Waals surface area contributed by atoms with Crippen molar-refractivity contribution in [1.29, 1.82) is 0 Å². The maximum atomic E-state index is 12.2. The Kier molecular flexibility index (Phi) is 3.35. The first-order valence-electron chi connectivity index (χ1n) is 4.40. The van der Waals surface area contributed by atoms with Crippen LogP contribution in [0.3, 0.4) is 0 Å². The summed E-state index contributed by atoms with van der Waals surface area (Å²) in [5, 5.41) is 0. The second-order valence-corrected chi connectivity index (χ2v) is 3.30. The lowest BCUT2D eigenvalue weighted by molar-refractivity contribution is -0.137. The normalized spacial score (nSPS) is 12.0. The maximum absolute atomic E-state index is 12.2. The molecule has 0 bridgehead atoms. The van der Waals surface area contributed by atoms with Crippen molar-refractivity contribution >= 4 is 6.08 Å². The van der Waals surface area contributed by atoms with Gasteiger partial charge in [-0.15, -0.1) is 0 Å². The third kappa shape index (κ3) is 3.62. The number of alkyl halides is 3. The molecule has 15 heavy (non-hydrogen) atoms. The zero-order valence-electron chi connectivity index (χ0n) is 8.31. The molecule has 0 aliphatic rings. The standard InChI is InChI=1S/C12H11F3/c1-9(2)3-4-10-5-7-11(8-6-10)12(13,14)15/h3-8H,1H2,2H3/b4-3+. The van der Waals surface area contributed by atoms with Crippen LogP contribution in [0.5, 0.6) is 0 Å². The lowest BCUT2D eigenvalue weighted by Crippen LogP contribution is -2.03. The van der Waals surface area contributed by atoms with E-state index in [0.29, 0.717) is 0 Å². The van der Waals surface area contributed by atoms with Crippen LogP contribution >= 0.6 is 0 Å². The minimum Gasteiger partial charge on any atom is -0.166 e. The second kappa shape index (κ2) is 4.34. The minimum absolute atomic E-state index is 0.630.